The first-order valence-corrected chi connectivity index (χ1v) is 12.3. The maximum Gasteiger partial charge on any atom is 0.414 e. The highest BCUT2D eigenvalue weighted by Crippen LogP contribution is 2.39. The third-order valence-electron chi connectivity index (χ3n) is 5.52. The van der Waals surface area contributed by atoms with Gasteiger partial charge in [-0.1, -0.05) is 18.2 Å². The van der Waals surface area contributed by atoms with Gasteiger partial charge in [-0.25, -0.2) is 4.79 Å². The average molecular weight is 483 g/mol. The SMILES string of the molecule is CC(=O)N1c2ccc(-c3ccc(S(=O)(=O)n4cccn4)cc3)cc2N(C(=O)OC(C)C)C[C@@H]1C. The van der Waals surface area contributed by atoms with Crippen molar-refractivity contribution in [3.8, 4) is 11.1 Å². The van der Waals surface area contributed by atoms with Crippen LogP contribution >= 0.6 is 0 Å². The number of nitrogens with zero attached hydrogens (tertiary/aromatic N) is 4. The summed E-state index contributed by atoms with van der Waals surface area (Å²) in [5.74, 6) is -0.119. The van der Waals surface area contributed by atoms with E-state index < -0.39 is 16.1 Å². The highest BCUT2D eigenvalue weighted by atomic mass is 32.2. The minimum absolute atomic E-state index is 0.108. The Hall–Kier alpha value is -3.66. The third kappa shape index (κ3) is 4.28. The summed E-state index contributed by atoms with van der Waals surface area (Å²) in [6, 6.07) is 13.2. The van der Waals surface area contributed by atoms with Gasteiger partial charge in [0.05, 0.1) is 34.6 Å². The molecular formula is C24H26N4O5S. The van der Waals surface area contributed by atoms with Crippen LogP contribution in [0.2, 0.25) is 0 Å². The van der Waals surface area contributed by atoms with Crippen molar-refractivity contribution in [3.63, 3.8) is 0 Å². The molecule has 1 atom stereocenters. The molecule has 0 spiro atoms. The largest absolute Gasteiger partial charge is 0.446 e. The van der Waals surface area contributed by atoms with Crippen LogP contribution in [-0.4, -0.2) is 48.3 Å². The molecule has 1 aliphatic rings. The van der Waals surface area contributed by atoms with Crippen molar-refractivity contribution in [2.45, 2.75) is 44.7 Å². The van der Waals surface area contributed by atoms with E-state index in [1.165, 1.54) is 31.5 Å². The highest BCUT2D eigenvalue weighted by Gasteiger charge is 2.34. The van der Waals surface area contributed by atoms with E-state index in [4.69, 9.17) is 4.74 Å². The van der Waals surface area contributed by atoms with E-state index in [1.54, 1.807) is 47.9 Å². The monoisotopic (exact) mass is 482 g/mol. The zero-order valence-electron chi connectivity index (χ0n) is 19.4. The standard InChI is InChI=1S/C24H26N4O5S/c1-16(2)33-24(30)26-15-17(3)28(18(4)29)22-11-8-20(14-23(22)26)19-6-9-21(10-7-19)34(31,32)27-13-5-12-25-27/h5-14,16-17H,15H2,1-4H3/t17-/m0/s1. The molecule has 0 fully saturated rings. The summed E-state index contributed by atoms with van der Waals surface area (Å²) < 4.78 is 31.7. The van der Waals surface area contributed by atoms with E-state index in [0.717, 1.165) is 15.2 Å². The van der Waals surface area contributed by atoms with Gasteiger partial charge in [-0.15, -0.1) is 0 Å². The molecule has 4 rings (SSSR count). The molecule has 9 nitrogen and oxygen atoms in total. The summed E-state index contributed by atoms with van der Waals surface area (Å²) >= 11 is 0. The molecule has 2 amide bonds. The predicted molar refractivity (Wildman–Crippen MR) is 128 cm³/mol. The quantitative estimate of drug-likeness (QED) is 0.559. The summed E-state index contributed by atoms with van der Waals surface area (Å²) in [5, 5.41) is 3.81. The van der Waals surface area contributed by atoms with Crippen molar-refractivity contribution >= 4 is 33.4 Å². The number of carbonyl (C=O) groups is 2. The first-order chi connectivity index (χ1) is 16.1. The second kappa shape index (κ2) is 8.94. The smallest absolute Gasteiger partial charge is 0.414 e. The predicted octanol–water partition coefficient (Wildman–Crippen LogP) is 3.89. The number of amides is 2. The van der Waals surface area contributed by atoms with Crippen LogP contribution in [-0.2, 0) is 19.6 Å². The zero-order chi connectivity index (χ0) is 24.6. The van der Waals surface area contributed by atoms with Gasteiger partial charge in [-0.05, 0) is 62.2 Å². The molecule has 2 heterocycles. The molecule has 0 N–H and O–H groups in total. The molecule has 0 aliphatic carbocycles. The molecule has 0 saturated heterocycles. The molecule has 0 unspecified atom stereocenters. The Kier molecular flexibility index (Phi) is 6.18. The number of anilines is 2. The Balaban J connectivity index is 1.73. The fraction of sp³-hybridized carbons (Fsp3) is 0.292. The normalized spacial score (nSPS) is 15.9. The van der Waals surface area contributed by atoms with Gasteiger partial charge in [0, 0.05) is 19.7 Å². The van der Waals surface area contributed by atoms with Gasteiger partial charge in [-0.2, -0.15) is 17.6 Å². The summed E-state index contributed by atoms with van der Waals surface area (Å²) in [5.41, 5.74) is 2.70. The average Bonchev–Trinajstić information content (AvgIpc) is 3.33. The van der Waals surface area contributed by atoms with E-state index in [0.29, 0.717) is 17.9 Å². The van der Waals surface area contributed by atoms with Crippen molar-refractivity contribution in [2.75, 3.05) is 16.3 Å². The van der Waals surface area contributed by atoms with Crippen LogP contribution < -0.4 is 9.80 Å². The van der Waals surface area contributed by atoms with Crippen molar-refractivity contribution in [3.05, 3.63) is 60.9 Å². The number of aromatic nitrogens is 2. The molecule has 10 heteroatoms. The maximum atomic E-state index is 12.8. The van der Waals surface area contributed by atoms with Crippen molar-refractivity contribution < 1.29 is 22.7 Å². The molecule has 1 aromatic heterocycles. The first-order valence-electron chi connectivity index (χ1n) is 10.9. The second-order valence-corrected chi connectivity index (χ2v) is 10.2. The number of benzene rings is 2. The van der Waals surface area contributed by atoms with Crippen LogP contribution in [0.1, 0.15) is 27.7 Å². The van der Waals surface area contributed by atoms with Gasteiger partial charge >= 0.3 is 6.09 Å². The molecule has 2 aromatic carbocycles. The highest BCUT2D eigenvalue weighted by molar-refractivity contribution is 7.89. The van der Waals surface area contributed by atoms with Crippen LogP contribution in [0.25, 0.3) is 11.1 Å². The fourth-order valence-electron chi connectivity index (χ4n) is 4.05. The number of hydrogen-bond acceptors (Lipinski definition) is 6. The molecule has 0 saturated carbocycles. The Bertz CT molecular complexity index is 1320. The van der Waals surface area contributed by atoms with Gasteiger partial charge in [0.25, 0.3) is 10.0 Å². The maximum absolute atomic E-state index is 12.8. The number of carbonyl (C=O) groups excluding carboxylic acids is 2. The lowest BCUT2D eigenvalue weighted by Gasteiger charge is -2.40. The van der Waals surface area contributed by atoms with Crippen LogP contribution in [0, 0.1) is 0 Å². The van der Waals surface area contributed by atoms with E-state index in [2.05, 4.69) is 5.10 Å². The molecule has 0 bridgehead atoms. The van der Waals surface area contributed by atoms with Crippen LogP contribution in [0.15, 0.2) is 65.8 Å². The molecule has 3 aromatic rings. The molecule has 34 heavy (non-hydrogen) atoms. The molecule has 178 valence electrons. The van der Waals surface area contributed by atoms with E-state index in [9.17, 15) is 18.0 Å². The zero-order valence-corrected chi connectivity index (χ0v) is 20.2. The number of rotatable bonds is 4. The van der Waals surface area contributed by atoms with Gasteiger partial charge < -0.3 is 9.64 Å². The van der Waals surface area contributed by atoms with Crippen LogP contribution in [0.3, 0.4) is 0 Å². The van der Waals surface area contributed by atoms with Crippen molar-refractivity contribution in [1.82, 2.24) is 9.19 Å². The lowest BCUT2D eigenvalue weighted by atomic mass is 10.0. The van der Waals surface area contributed by atoms with E-state index in [1.807, 2.05) is 19.1 Å². The number of hydrogen-bond donors (Lipinski definition) is 0. The van der Waals surface area contributed by atoms with Gasteiger partial charge in [0.2, 0.25) is 5.91 Å². The molecule has 0 radical (unpaired) electrons. The topological polar surface area (TPSA) is 102 Å². The summed E-state index contributed by atoms with van der Waals surface area (Å²) in [6.07, 6.45) is 2.01. The number of ether oxygens (including phenoxy) is 1. The van der Waals surface area contributed by atoms with Crippen LogP contribution in [0.4, 0.5) is 16.2 Å². The Morgan fingerprint density at radius 3 is 2.32 bits per heavy atom. The van der Waals surface area contributed by atoms with Crippen LogP contribution in [0.5, 0.6) is 0 Å². The Morgan fingerprint density at radius 1 is 1.06 bits per heavy atom. The number of fused-ring (bicyclic) bond motifs is 1. The van der Waals surface area contributed by atoms with Gasteiger partial charge in [0.1, 0.15) is 0 Å². The Morgan fingerprint density at radius 2 is 1.74 bits per heavy atom. The van der Waals surface area contributed by atoms with Gasteiger partial charge in [0.15, 0.2) is 0 Å². The summed E-state index contributed by atoms with van der Waals surface area (Å²) in [7, 11) is -3.77. The van der Waals surface area contributed by atoms with E-state index in [-0.39, 0.29) is 22.9 Å². The minimum atomic E-state index is -3.77. The lowest BCUT2D eigenvalue weighted by Crippen LogP contribution is -2.51. The summed E-state index contributed by atoms with van der Waals surface area (Å²) in [4.78, 5) is 28.5. The first kappa shape index (κ1) is 23.5. The third-order valence-corrected chi connectivity index (χ3v) is 7.10. The van der Waals surface area contributed by atoms with Crippen molar-refractivity contribution in [1.29, 1.82) is 0 Å². The Labute approximate surface area is 198 Å². The van der Waals surface area contributed by atoms with E-state index >= 15 is 0 Å². The lowest BCUT2D eigenvalue weighted by molar-refractivity contribution is -0.117. The molecule has 1 aliphatic heterocycles. The minimum Gasteiger partial charge on any atom is -0.446 e. The van der Waals surface area contributed by atoms with Crippen molar-refractivity contribution in [2.24, 2.45) is 0 Å². The van der Waals surface area contributed by atoms with Gasteiger partial charge in [-0.3, -0.25) is 9.69 Å². The fourth-order valence-corrected chi connectivity index (χ4v) is 5.15. The second-order valence-electron chi connectivity index (χ2n) is 8.39. The summed E-state index contributed by atoms with van der Waals surface area (Å²) in [6.45, 7) is 7.23. The molecular weight excluding hydrogens is 456 g/mol.